The lowest BCUT2D eigenvalue weighted by Gasteiger charge is -2.16. The number of esters is 1. The maximum absolute atomic E-state index is 11.9. The van der Waals surface area contributed by atoms with E-state index in [0.717, 1.165) is 11.1 Å². The lowest BCUT2D eigenvalue weighted by Crippen LogP contribution is -2.09. The van der Waals surface area contributed by atoms with Gasteiger partial charge in [0, 0.05) is 6.07 Å². The summed E-state index contributed by atoms with van der Waals surface area (Å²) in [6.45, 7) is 0. The molecule has 0 spiro atoms. The minimum absolute atomic E-state index is 0.220. The van der Waals surface area contributed by atoms with Crippen LogP contribution in [0.1, 0.15) is 10.4 Å². The predicted octanol–water partition coefficient (Wildman–Crippen LogP) is 5.22. The molecule has 0 aliphatic rings. The van der Waals surface area contributed by atoms with Crippen molar-refractivity contribution >= 4 is 23.3 Å². The Morgan fingerprint density at radius 1 is 0.862 bits per heavy atom. The molecular formula is C22H20ClNO5. The molecule has 3 aromatic rings. The normalized spacial score (nSPS) is 10.2. The molecule has 1 N–H and O–H groups in total. The summed E-state index contributed by atoms with van der Waals surface area (Å²) >= 11 is 6.22. The van der Waals surface area contributed by atoms with Gasteiger partial charge in [-0.2, -0.15) is 0 Å². The van der Waals surface area contributed by atoms with Crippen LogP contribution in [0.3, 0.4) is 0 Å². The smallest absolute Gasteiger partial charge is 0.338 e. The topological polar surface area (TPSA) is 66.0 Å². The predicted molar refractivity (Wildman–Crippen MR) is 112 cm³/mol. The number of halogens is 1. The first-order valence-electron chi connectivity index (χ1n) is 8.69. The molecule has 0 amide bonds. The fourth-order valence-electron chi connectivity index (χ4n) is 2.79. The van der Waals surface area contributed by atoms with Gasteiger partial charge in [-0.15, -0.1) is 0 Å². The van der Waals surface area contributed by atoms with E-state index in [2.05, 4.69) is 5.48 Å². The molecule has 0 saturated carbocycles. The third-order valence-electron chi connectivity index (χ3n) is 4.21. The molecule has 0 aromatic heterocycles. The lowest BCUT2D eigenvalue weighted by molar-refractivity contribution is 0.0600. The highest BCUT2D eigenvalue weighted by atomic mass is 35.5. The van der Waals surface area contributed by atoms with Crippen molar-refractivity contribution < 1.29 is 23.8 Å². The molecule has 0 atom stereocenters. The van der Waals surface area contributed by atoms with Crippen molar-refractivity contribution in [1.82, 2.24) is 0 Å². The van der Waals surface area contributed by atoms with Crippen LogP contribution in [0.15, 0.2) is 60.7 Å². The number of carbonyl (C=O) groups excluding carboxylic acids is 1. The molecule has 0 heterocycles. The van der Waals surface area contributed by atoms with Crippen molar-refractivity contribution in [2.75, 3.05) is 26.8 Å². The first kappa shape index (κ1) is 20.4. The van der Waals surface area contributed by atoms with Crippen LogP contribution < -0.4 is 19.8 Å². The highest BCUT2D eigenvalue weighted by Gasteiger charge is 2.17. The average molecular weight is 414 g/mol. The van der Waals surface area contributed by atoms with Crippen LogP contribution in [0.2, 0.25) is 5.02 Å². The van der Waals surface area contributed by atoms with Crippen molar-refractivity contribution in [3.05, 3.63) is 71.2 Å². The molecule has 0 saturated heterocycles. The summed E-state index contributed by atoms with van der Waals surface area (Å²) in [4.78, 5) is 17.6. The van der Waals surface area contributed by atoms with Crippen LogP contribution in [0.5, 0.6) is 17.2 Å². The second-order valence-corrected chi connectivity index (χ2v) is 6.37. The first-order valence-corrected chi connectivity index (χ1v) is 9.07. The number of hydrogen-bond acceptors (Lipinski definition) is 6. The molecule has 150 valence electrons. The van der Waals surface area contributed by atoms with Gasteiger partial charge in [-0.05, 0) is 29.3 Å². The number of methoxy groups -OCH3 is 3. The molecule has 0 bridgehead atoms. The van der Waals surface area contributed by atoms with Crippen molar-refractivity contribution in [3.63, 3.8) is 0 Å². The van der Waals surface area contributed by atoms with Crippen LogP contribution in [-0.2, 0) is 4.74 Å². The summed E-state index contributed by atoms with van der Waals surface area (Å²) in [5.74, 6) is 0.555. The first-order chi connectivity index (χ1) is 14.1. The van der Waals surface area contributed by atoms with Crippen LogP contribution in [0.25, 0.3) is 11.1 Å². The van der Waals surface area contributed by atoms with E-state index in [1.807, 2.05) is 48.5 Å². The third kappa shape index (κ3) is 4.55. The van der Waals surface area contributed by atoms with Gasteiger partial charge in [0.15, 0.2) is 11.5 Å². The number of anilines is 1. The molecule has 7 heteroatoms. The Bertz CT molecular complexity index is 1010. The number of carbonyl (C=O) groups is 1. The zero-order chi connectivity index (χ0) is 20.8. The van der Waals surface area contributed by atoms with Crippen molar-refractivity contribution in [2.24, 2.45) is 0 Å². The summed E-state index contributed by atoms with van der Waals surface area (Å²) in [7, 11) is 4.32. The Morgan fingerprint density at radius 3 is 2.28 bits per heavy atom. The molecule has 0 aliphatic carbocycles. The van der Waals surface area contributed by atoms with Crippen molar-refractivity contribution in [3.8, 4) is 28.4 Å². The van der Waals surface area contributed by atoms with E-state index in [1.54, 1.807) is 7.11 Å². The molecule has 0 unspecified atom stereocenters. The van der Waals surface area contributed by atoms with Gasteiger partial charge >= 0.3 is 5.97 Å². The minimum atomic E-state index is -0.539. The number of hydrogen-bond donors (Lipinski definition) is 1. The largest absolute Gasteiger partial charge is 0.494 e. The summed E-state index contributed by atoms with van der Waals surface area (Å²) in [6.07, 6.45) is 0. The number of rotatable bonds is 7. The third-order valence-corrected chi connectivity index (χ3v) is 4.49. The van der Waals surface area contributed by atoms with E-state index in [1.165, 1.54) is 26.4 Å². The monoisotopic (exact) mass is 413 g/mol. The zero-order valence-corrected chi connectivity index (χ0v) is 16.9. The summed E-state index contributed by atoms with van der Waals surface area (Å²) < 4.78 is 15.5. The van der Waals surface area contributed by atoms with Crippen LogP contribution in [-0.4, -0.2) is 27.3 Å². The molecular weight excluding hydrogens is 394 g/mol. The second-order valence-electron chi connectivity index (χ2n) is 5.97. The lowest BCUT2D eigenvalue weighted by atomic mass is 10.1. The number of benzene rings is 3. The van der Waals surface area contributed by atoms with Crippen LogP contribution in [0, 0.1) is 0 Å². The standard InChI is InChI=1S/C22H20ClNO5/c1-26-19-10-9-15(14-7-5-4-6-8-14)12-18(19)24-29-20-13-16(22(25)28-3)11-17(23)21(20)27-2/h4-13,24H,1-3H3. The molecule has 0 radical (unpaired) electrons. The van der Waals surface area contributed by atoms with Gasteiger partial charge in [-0.3, -0.25) is 0 Å². The van der Waals surface area contributed by atoms with E-state index in [9.17, 15) is 4.79 Å². The van der Waals surface area contributed by atoms with Crippen molar-refractivity contribution in [2.45, 2.75) is 0 Å². The Kier molecular flexibility index (Phi) is 6.46. The Morgan fingerprint density at radius 2 is 1.62 bits per heavy atom. The van der Waals surface area contributed by atoms with Crippen LogP contribution >= 0.6 is 11.6 Å². The number of nitrogens with one attached hydrogen (secondary N) is 1. The molecule has 6 nitrogen and oxygen atoms in total. The zero-order valence-electron chi connectivity index (χ0n) is 16.2. The highest BCUT2D eigenvalue weighted by Crippen LogP contribution is 2.37. The quantitative estimate of drug-likeness (QED) is 0.423. The fourth-order valence-corrected chi connectivity index (χ4v) is 3.07. The van der Waals surface area contributed by atoms with E-state index >= 15 is 0 Å². The highest BCUT2D eigenvalue weighted by molar-refractivity contribution is 6.32. The maximum Gasteiger partial charge on any atom is 0.338 e. The summed E-state index contributed by atoms with van der Waals surface area (Å²) in [6, 6.07) is 18.5. The van der Waals surface area contributed by atoms with Gasteiger partial charge in [0.25, 0.3) is 0 Å². The van der Waals surface area contributed by atoms with Gasteiger partial charge in [0.1, 0.15) is 11.4 Å². The Balaban J connectivity index is 1.93. The molecule has 0 fully saturated rings. The fraction of sp³-hybridized carbons (Fsp3) is 0.136. The summed E-state index contributed by atoms with van der Waals surface area (Å²) in [5, 5.41) is 0.220. The van der Waals surface area contributed by atoms with Gasteiger partial charge in [0.2, 0.25) is 0 Å². The van der Waals surface area contributed by atoms with E-state index in [-0.39, 0.29) is 22.1 Å². The minimum Gasteiger partial charge on any atom is -0.494 e. The van der Waals surface area contributed by atoms with Crippen LogP contribution in [0.4, 0.5) is 5.69 Å². The number of ether oxygens (including phenoxy) is 3. The SMILES string of the molecule is COC(=O)c1cc(Cl)c(OC)c(ONc2cc(-c3ccccc3)ccc2OC)c1. The van der Waals surface area contributed by atoms with Gasteiger partial charge in [-0.25, -0.2) is 10.3 Å². The van der Waals surface area contributed by atoms with Crippen molar-refractivity contribution in [1.29, 1.82) is 0 Å². The Labute approximate surface area is 173 Å². The van der Waals surface area contributed by atoms with E-state index in [0.29, 0.717) is 11.4 Å². The van der Waals surface area contributed by atoms with Gasteiger partial charge in [0.05, 0.1) is 31.9 Å². The van der Waals surface area contributed by atoms with E-state index in [4.69, 9.17) is 30.6 Å². The average Bonchev–Trinajstić information content (AvgIpc) is 2.77. The van der Waals surface area contributed by atoms with Gasteiger partial charge < -0.3 is 19.0 Å². The maximum atomic E-state index is 11.9. The molecule has 29 heavy (non-hydrogen) atoms. The second kappa shape index (κ2) is 9.21. The molecule has 0 aliphatic heterocycles. The Hall–Kier alpha value is -3.38. The molecule has 3 aromatic carbocycles. The van der Waals surface area contributed by atoms with E-state index < -0.39 is 5.97 Å². The summed E-state index contributed by atoms with van der Waals surface area (Å²) in [5.41, 5.74) is 5.72. The van der Waals surface area contributed by atoms with Gasteiger partial charge in [-0.1, -0.05) is 48.0 Å². The molecule has 3 rings (SSSR count).